The lowest BCUT2D eigenvalue weighted by molar-refractivity contribution is -0.122. The minimum Gasteiger partial charge on any atom is -0.353 e. The Labute approximate surface area is 105 Å². The van der Waals surface area contributed by atoms with Crippen molar-refractivity contribution in [2.24, 2.45) is 0 Å². The molecule has 1 saturated heterocycles. The quantitative estimate of drug-likeness (QED) is 0.722. The second-order valence-corrected chi connectivity index (χ2v) is 5.78. The lowest BCUT2D eigenvalue weighted by atomic mass is 9.70. The number of unbranched alkanes of at least 4 members (excludes halogenated alkanes) is 2. The average Bonchev–Trinajstić information content (AvgIpc) is 2.28. The molecule has 1 saturated carbocycles. The molecule has 2 N–H and O–H groups in total. The molecule has 1 aliphatic carbocycles. The number of hydrogen-bond acceptors (Lipinski definition) is 2. The van der Waals surface area contributed by atoms with Crippen LogP contribution in [-0.4, -0.2) is 24.0 Å². The Morgan fingerprint density at radius 3 is 2.88 bits per heavy atom. The van der Waals surface area contributed by atoms with Gasteiger partial charge in [0.2, 0.25) is 5.91 Å². The monoisotopic (exact) mass is 238 g/mol. The maximum absolute atomic E-state index is 11.8. The van der Waals surface area contributed by atoms with Gasteiger partial charge in [0.1, 0.15) is 0 Å². The molecular formula is C14H26N2O. The fraction of sp³-hybridized carbons (Fsp3) is 0.929. The zero-order chi connectivity index (χ0) is 12.1. The summed E-state index contributed by atoms with van der Waals surface area (Å²) in [5.74, 6) is 0.264. The summed E-state index contributed by atoms with van der Waals surface area (Å²) in [5.41, 5.74) is 0.389. The molecule has 0 radical (unpaired) electrons. The van der Waals surface area contributed by atoms with Crippen LogP contribution in [0.3, 0.4) is 0 Å². The third kappa shape index (κ3) is 3.44. The van der Waals surface area contributed by atoms with E-state index in [2.05, 4.69) is 17.6 Å². The molecule has 2 rings (SSSR count). The van der Waals surface area contributed by atoms with Gasteiger partial charge in [-0.1, -0.05) is 19.8 Å². The molecule has 98 valence electrons. The smallest absolute Gasteiger partial charge is 0.220 e. The zero-order valence-corrected chi connectivity index (χ0v) is 11.1. The van der Waals surface area contributed by atoms with E-state index in [1.54, 1.807) is 0 Å². The van der Waals surface area contributed by atoms with Gasteiger partial charge in [-0.2, -0.15) is 0 Å². The Bertz CT molecular complexity index is 261. The Morgan fingerprint density at radius 1 is 1.41 bits per heavy atom. The van der Waals surface area contributed by atoms with Crippen molar-refractivity contribution in [1.82, 2.24) is 10.6 Å². The molecule has 1 atom stereocenters. The van der Waals surface area contributed by atoms with Gasteiger partial charge in [-0.25, -0.2) is 0 Å². The van der Waals surface area contributed by atoms with Gasteiger partial charge in [0.05, 0.1) is 0 Å². The van der Waals surface area contributed by atoms with Crippen molar-refractivity contribution in [3.8, 4) is 0 Å². The molecule has 2 aliphatic rings. The second kappa shape index (κ2) is 5.85. The number of rotatable bonds is 5. The van der Waals surface area contributed by atoms with Crippen molar-refractivity contribution in [2.75, 3.05) is 6.54 Å². The van der Waals surface area contributed by atoms with Gasteiger partial charge < -0.3 is 10.6 Å². The molecule has 0 aromatic heterocycles. The maximum atomic E-state index is 11.8. The van der Waals surface area contributed by atoms with Crippen LogP contribution in [0.4, 0.5) is 0 Å². The van der Waals surface area contributed by atoms with Crippen LogP contribution in [0.15, 0.2) is 0 Å². The number of hydrogen-bond donors (Lipinski definition) is 2. The third-order valence-corrected chi connectivity index (χ3v) is 4.31. The van der Waals surface area contributed by atoms with Gasteiger partial charge in [0.25, 0.3) is 0 Å². The van der Waals surface area contributed by atoms with Crippen LogP contribution < -0.4 is 10.6 Å². The fourth-order valence-corrected chi connectivity index (χ4v) is 3.10. The molecule has 0 aromatic rings. The van der Waals surface area contributed by atoms with Crippen molar-refractivity contribution >= 4 is 5.91 Å². The normalized spacial score (nSPS) is 26.5. The van der Waals surface area contributed by atoms with E-state index in [-0.39, 0.29) is 5.91 Å². The maximum Gasteiger partial charge on any atom is 0.220 e. The summed E-state index contributed by atoms with van der Waals surface area (Å²) in [6, 6.07) is 0.422. The molecule has 3 nitrogen and oxygen atoms in total. The SMILES string of the molecule is CCCCCC(=O)NC1CCNC2(CCC2)C1. The molecule has 0 aromatic carbocycles. The van der Waals surface area contributed by atoms with Crippen LogP contribution in [0, 0.1) is 0 Å². The summed E-state index contributed by atoms with van der Waals surface area (Å²) >= 11 is 0. The second-order valence-electron chi connectivity index (χ2n) is 5.78. The predicted octanol–water partition coefficient (Wildman–Crippen LogP) is 2.36. The minimum atomic E-state index is 0.264. The van der Waals surface area contributed by atoms with Crippen LogP contribution in [0.1, 0.15) is 64.7 Å². The molecule has 17 heavy (non-hydrogen) atoms. The van der Waals surface area contributed by atoms with Crippen LogP contribution in [0.2, 0.25) is 0 Å². The van der Waals surface area contributed by atoms with E-state index in [9.17, 15) is 4.79 Å². The van der Waals surface area contributed by atoms with Crippen molar-refractivity contribution in [3.63, 3.8) is 0 Å². The first-order valence-corrected chi connectivity index (χ1v) is 7.28. The third-order valence-electron chi connectivity index (χ3n) is 4.31. The van der Waals surface area contributed by atoms with Crippen LogP contribution in [-0.2, 0) is 4.79 Å². The van der Waals surface area contributed by atoms with E-state index in [0.717, 1.165) is 25.8 Å². The molecule has 2 fully saturated rings. The summed E-state index contributed by atoms with van der Waals surface area (Å²) in [4.78, 5) is 11.8. The fourth-order valence-electron chi connectivity index (χ4n) is 3.10. The Balaban J connectivity index is 1.69. The first-order chi connectivity index (χ1) is 8.24. The molecular weight excluding hydrogens is 212 g/mol. The van der Waals surface area contributed by atoms with Gasteiger partial charge in [-0.15, -0.1) is 0 Å². The molecule has 3 heteroatoms. The van der Waals surface area contributed by atoms with Crippen molar-refractivity contribution < 1.29 is 4.79 Å². The minimum absolute atomic E-state index is 0.264. The van der Waals surface area contributed by atoms with Crippen molar-refractivity contribution in [2.45, 2.75) is 76.3 Å². The highest BCUT2D eigenvalue weighted by Crippen LogP contribution is 2.38. The number of amides is 1. The first-order valence-electron chi connectivity index (χ1n) is 7.28. The van der Waals surface area contributed by atoms with E-state index in [4.69, 9.17) is 0 Å². The van der Waals surface area contributed by atoms with Crippen molar-refractivity contribution in [1.29, 1.82) is 0 Å². The summed E-state index contributed by atoms with van der Waals surface area (Å²) in [6.45, 7) is 3.24. The van der Waals surface area contributed by atoms with Gasteiger partial charge in [0.15, 0.2) is 0 Å². The van der Waals surface area contributed by atoms with E-state index in [1.165, 1.54) is 32.1 Å². The standard InChI is InChI=1S/C14H26N2O/c1-2-3-4-6-13(17)16-12-7-10-15-14(11-12)8-5-9-14/h12,15H,2-11H2,1H3,(H,16,17). The molecule has 1 unspecified atom stereocenters. The van der Waals surface area contributed by atoms with Crippen LogP contribution in [0.25, 0.3) is 0 Å². The number of carbonyl (C=O) groups excluding carboxylic acids is 1. The number of nitrogens with one attached hydrogen (secondary N) is 2. The van der Waals surface area contributed by atoms with Gasteiger partial charge in [-0.3, -0.25) is 4.79 Å². The lowest BCUT2D eigenvalue weighted by Gasteiger charge is -2.48. The summed E-state index contributed by atoms with van der Waals surface area (Å²) in [5, 5.41) is 6.86. The highest BCUT2D eigenvalue weighted by molar-refractivity contribution is 5.76. The van der Waals surface area contributed by atoms with E-state index in [0.29, 0.717) is 18.0 Å². The van der Waals surface area contributed by atoms with Crippen molar-refractivity contribution in [3.05, 3.63) is 0 Å². The van der Waals surface area contributed by atoms with Gasteiger partial charge in [0, 0.05) is 18.0 Å². The molecule has 1 amide bonds. The Morgan fingerprint density at radius 2 is 2.24 bits per heavy atom. The Kier molecular flexibility index (Phi) is 4.43. The average molecular weight is 238 g/mol. The van der Waals surface area contributed by atoms with Gasteiger partial charge >= 0.3 is 0 Å². The topological polar surface area (TPSA) is 41.1 Å². The number of carbonyl (C=O) groups is 1. The highest BCUT2D eigenvalue weighted by atomic mass is 16.1. The van der Waals surface area contributed by atoms with Crippen LogP contribution in [0.5, 0.6) is 0 Å². The first kappa shape index (κ1) is 12.9. The molecule has 1 spiro atoms. The predicted molar refractivity (Wildman–Crippen MR) is 69.9 cm³/mol. The van der Waals surface area contributed by atoms with Crippen LogP contribution >= 0.6 is 0 Å². The number of piperidine rings is 1. The summed E-state index contributed by atoms with van der Waals surface area (Å²) in [6.07, 6.45) is 10.3. The molecule has 1 aliphatic heterocycles. The van der Waals surface area contributed by atoms with Gasteiger partial charge in [-0.05, 0) is 45.1 Å². The Hall–Kier alpha value is -0.570. The lowest BCUT2D eigenvalue weighted by Crippen LogP contribution is -2.59. The van der Waals surface area contributed by atoms with E-state index in [1.807, 2.05) is 0 Å². The zero-order valence-electron chi connectivity index (χ0n) is 11.1. The van der Waals surface area contributed by atoms with E-state index < -0.39 is 0 Å². The van der Waals surface area contributed by atoms with E-state index >= 15 is 0 Å². The highest BCUT2D eigenvalue weighted by Gasteiger charge is 2.41. The summed E-state index contributed by atoms with van der Waals surface area (Å²) in [7, 11) is 0. The molecule has 1 heterocycles. The largest absolute Gasteiger partial charge is 0.353 e. The molecule has 0 bridgehead atoms. The summed E-state index contributed by atoms with van der Waals surface area (Å²) < 4.78 is 0.